The van der Waals surface area contributed by atoms with Crippen molar-refractivity contribution in [3.8, 4) is 6.07 Å². The molecule has 3 rings (SSSR count). The van der Waals surface area contributed by atoms with E-state index in [-0.39, 0.29) is 0 Å². The van der Waals surface area contributed by atoms with Gasteiger partial charge in [-0.15, -0.1) is 0 Å². The number of aryl methyl sites for hydroxylation is 3. The number of hydrogen-bond donors (Lipinski definition) is 0. The Morgan fingerprint density at radius 2 is 2.12 bits per heavy atom. The molecular weight excluding hydrogens is 298 g/mol. The Morgan fingerprint density at radius 1 is 1.29 bits per heavy atom. The molecule has 5 nitrogen and oxygen atoms in total. The van der Waals surface area contributed by atoms with E-state index in [0.717, 1.165) is 41.7 Å². The van der Waals surface area contributed by atoms with Gasteiger partial charge in [0, 0.05) is 44.1 Å². The molecule has 0 aliphatic carbocycles. The minimum atomic E-state index is 0.623. The number of benzene rings is 1. The largest absolute Gasteiger partial charge is 0.373 e. The van der Waals surface area contributed by atoms with Crippen LogP contribution in [0, 0.1) is 25.2 Å². The number of nitrogens with zero attached hydrogens (tertiary/aromatic N) is 5. The van der Waals surface area contributed by atoms with Gasteiger partial charge in [-0.05, 0) is 31.9 Å². The molecule has 24 heavy (non-hydrogen) atoms. The van der Waals surface area contributed by atoms with Crippen molar-refractivity contribution in [1.29, 1.82) is 5.26 Å². The summed E-state index contributed by atoms with van der Waals surface area (Å²) in [5.41, 5.74) is 4.89. The fraction of sp³-hybridized carbons (Fsp3) is 0.316. The summed E-state index contributed by atoms with van der Waals surface area (Å²) in [7, 11) is 2.04. The van der Waals surface area contributed by atoms with Crippen LogP contribution in [0.5, 0.6) is 0 Å². The second kappa shape index (κ2) is 6.71. The highest BCUT2D eigenvalue weighted by atomic mass is 15.1. The summed E-state index contributed by atoms with van der Waals surface area (Å²) in [4.78, 5) is 10.7. The highest BCUT2D eigenvalue weighted by Crippen LogP contribution is 2.31. The second-order valence-electron chi connectivity index (χ2n) is 6.19. The number of fused-ring (bicyclic) bond motifs is 1. The maximum Gasteiger partial charge on any atom is 0.103 e. The Balaban J connectivity index is 1.92. The number of pyridine rings is 1. The third-order valence-electron chi connectivity index (χ3n) is 4.25. The Kier molecular flexibility index (Phi) is 4.48. The normalized spacial score (nSPS) is 10.8. The van der Waals surface area contributed by atoms with E-state index >= 15 is 0 Å². The Labute approximate surface area is 142 Å². The highest BCUT2D eigenvalue weighted by Gasteiger charge is 2.14. The molecule has 0 aliphatic heterocycles. The van der Waals surface area contributed by atoms with E-state index in [2.05, 4.69) is 51.5 Å². The van der Waals surface area contributed by atoms with Crippen LogP contribution in [0.3, 0.4) is 0 Å². The van der Waals surface area contributed by atoms with Crippen LogP contribution in [0.1, 0.15) is 23.1 Å². The van der Waals surface area contributed by atoms with Crippen molar-refractivity contribution in [2.24, 2.45) is 0 Å². The third-order valence-corrected chi connectivity index (χ3v) is 4.25. The molecule has 0 unspecified atom stereocenters. The van der Waals surface area contributed by atoms with Crippen LogP contribution in [0.4, 0.5) is 5.69 Å². The van der Waals surface area contributed by atoms with Gasteiger partial charge < -0.3 is 9.47 Å². The van der Waals surface area contributed by atoms with E-state index in [4.69, 9.17) is 0 Å². The van der Waals surface area contributed by atoms with Crippen LogP contribution >= 0.6 is 0 Å². The summed E-state index contributed by atoms with van der Waals surface area (Å²) >= 11 is 0. The van der Waals surface area contributed by atoms with Crippen LogP contribution < -0.4 is 4.90 Å². The standard InChI is InChI=1S/C19H21N5/c1-14-9-15(2)18-17(10-14)19(16(11-20)12-22-18)23(3)6-4-7-24-8-5-21-13-24/h5,8-10,12-13H,4,6-7H2,1-3H3. The lowest BCUT2D eigenvalue weighted by Crippen LogP contribution is -2.21. The molecule has 0 saturated carbocycles. The predicted octanol–water partition coefficient (Wildman–Crippen LogP) is 3.45. The molecule has 0 fully saturated rings. The van der Waals surface area contributed by atoms with Crippen LogP contribution in [0.15, 0.2) is 37.1 Å². The first kappa shape index (κ1) is 16.0. The molecule has 0 bridgehead atoms. The van der Waals surface area contributed by atoms with E-state index in [0.29, 0.717) is 5.56 Å². The number of rotatable bonds is 5. The first-order valence-corrected chi connectivity index (χ1v) is 8.07. The van der Waals surface area contributed by atoms with Crippen molar-refractivity contribution in [3.63, 3.8) is 0 Å². The van der Waals surface area contributed by atoms with Gasteiger partial charge in [0.15, 0.2) is 0 Å². The summed E-state index contributed by atoms with van der Waals surface area (Å²) in [5, 5.41) is 10.6. The third kappa shape index (κ3) is 3.09. The number of hydrogen-bond acceptors (Lipinski definition) is 4. The molecule has 1 aromatic carbocycles. The molecule has 0 amide bonds. The quantitative estimate of drug-likeness (QED) is 0.723. The van der Waals surface area contributed by atoms with Crippen molar-refractivity contribution in [2.75, 3.05) is 18.5 Å². The number of nitriles is 1. The lowest BCUT2D eigenvalue weighted by Gasteiger charge is -2.23. The molecule has 0 radical (unpaired) electrons. The van der Waals surface area contributed by atoms with E-state index in [1.807, 2.05) is 19.6 Å². The Bertz CT molecular complexity index is 890. The van der Waals surface area contributed by atoms with Gasteiger partial charge in [0.25, 0.3) is 0 Å². The van der Waals surface area contributed by atoms with E-state index in [9.17, 15) is 5.26 Å². The van der Waals surface area contributed by atoms with E-state index < -0.39 is 0 Å². The van der Waals surface area contributed by atoms with Crippen LogP contribution in [-0.4, -0.2) is 28.1 Å². The van der Waals surface area contributed by atoms with E-state index in [1.54, 1.807) is 12.4 Å². The molecule has 0 saturated heterocycles. The first-order chi connectivity index (χ1) is 11.6. The van der Waals surface area contributed by atoms with Gasteiger partial charge in [-0.1, -0.05) is 11.6 Å². The SMILES string of the molecule is Cc1cc(C)c2ncc(C#N)c(N(C)CCCn3ccnc3)c2c1. The number of aromatic nitrogens is 3. The summed E-state index contributed by atoms with van der Waals surface area (Å²) in [5.74, 6) is 0. The van der Waals surface area contributed by atoms with Gasteiger partial charge in [0.1, 0.15) is 6.07 Å². The minimum absolute atomic E-state index is 0.623. The lowest BCUT2D eigenvalue weighted by atomic mass is 10.0. The molecule has 0 aliphatic rings. The molecule has 2 heterocycles. The number of imidazole rings is 1. The number of anilines is 1. The summed E-state index contributed by atoms with van der Waals surface area (Å²) in [6, 6.07) is 6.54. The smallest absolute Gasteiger partial charge is 0.103 e. The van der Waals surface area contributed by atoms with Crippen molar-refractivity contribution in [3.05, 3.63) is 53.7 Å². The van der Waals surface area contributed by atoms with Crippen molar-refractivity contribution >= 4 is 16.6 Å². The summed E-state index contributed by atoms with van der Waals surface area (Å²) in [6.45, 7) is 5.91. The second-order valence-corrected chi connectivity index (χ2v) is 6.19. The van der Waals surface area contributed by atoms with Gasteiger partial charge in [-0.2, -0.15) is 5.26 Å². The minimum Gasteiger partial charge on any atom is -0.373 e. The molecule has 122 valence electrons. The van der Waals surface area contributed by atoms with E-state index in [1.165, 1.54) is 5.56 Å². The highest BCUT2D eigenvalue weighted by molar-refractivity contribution is 5.96. The zero-order valence-corrected chi connectivity index (χ0v) is 14.3. The zero-order valence-electron chi connectivity index (χ0n) is 14.3. The molecule has 2 aromatic heterocycles. The lowest BCUT2D eigenvalue weighted by molar-refractivity contribution is 0.638. The van der Waals surface area contributed by atoms with Crippen LogP contribution in [0.2, 0.25) is 0 Å². The maximum absolute atomic E-state index is 9.51. The van der Waals surface area contributed by atoms with Gasteiger partial charge in [0.2, 0.25) is 0 Å². The fourth-order valence-corrected chi connectivity index (χ4v) is 3.16. The van der Waals surface area contributed by atoms with Gasteiger partial charge in [-0.25, -0.2) is 4.98 Å². The van der Waals surface area contributed by atoms with Crippen LogP contribution in [0.25, 0.3) is 10.9 Å². The molecule has 5 heteroatoms. The molecule has 0 atom stereocenters. The van der Waals surface area contributed by atoms with Crippen LogP contribution in [-0.2, 0) is 6.54 Å². The molecular formula is C19H21N5. The Morgan fingerprint density at radius 3 is 2.83 bits per heavy atom. The fourth-order valence-electron chi connectivity index (χ4n) is 3.16. The summed E-state index contributed by atoms with van der Waals surface area (Å²) < 4.78 is 2.07. The van der Waals surface area contributed by atoms with Gasteiger partial charge in [-0.3, -0.25) is 4.98 Å². The predicted molar refractivity (Wildman–Crippen MR) is 96.0 cm³/mol. The molecule has 0 N–H and O–H groups in total. The van der Waals surface area contributed by atoms with Crippen molar-refractivity contribution in [1.82, 2.24) is 14.5 Å². The topological polar surface area (TPSA) is 57.7 Å². The van der Waals surface area contributed by atoms with Gasteiger partial charge in [0.05, 0.1) is 23.1 Å². The average molecular weight is 319 g/mol. The summed E-state index contributed by atoms with van der Waals surface area (Å²) in [6.07, 6.45) is 8.25. The van der Waals surface area contributed by atoms with Crippen molar-refractivity contribution in [2.45, 2.75) is 26.8 Å². The van der Waals surface area contributed by atoms with Crippen molar-refractivity contribution < 1.29 is 0 Å². The Hall–Kier alpha value is -2.87. The average Bonchev–Trinajstić information content (AvgIpc) is 3.06. The zero-order chi connectivity index (χ0) is 17.1. The first-order valence-electron chi connectivity index (χ1n) is 8.07. The monoisotopic (exact) mass is 319 g/mol. The maximum atomic E-state index is 9.51. The molecule has 3 aromatic rings. The molecule has 0 spiro atoms. The van der Waals surface area contributed by atoms with Gasteiger partial charge >= 0.3 is 0 Å².